The smallest absolute Gasteiger partial charge is 0.347 e. The molecular formula is C9H9F3N2S. The average molecular weight is 234 g/mol. The van der Waals surface area contributed by atoms with Crippen molar-refractivity contribution in [1.82, 2.24) is 9.97 Å². The predicted octanol–water partition coefficient (Wildman–Crippen LogP) is 2.73. The van der Waals surface area contributed by atoms with Gasteiger partial charge >= 0.3 is 6.18 Å². The first-order valence-electron chi connectivity index (χ1n) is 4.63. The fourth-order valence-electron chi connectivity index (χ4n) is 1.78. The Labute approximate surface area is 89.5 Å². The molecule has 0 unspecified atom stereocenters. The molecule has 0 aromatic carbocycles. The van der Waals surface area contributed by atoms with E-state index in [9.17, 15) is 13.2 Å². The van der Waals surface area contributed by atoms with Gasteiger partial charge in [-0.1, -0.05) is 12.2 Å². The summed E-state index contributed by atoms with van der Waals surface area (Å²) in [7, 11) is 0. The van der Waals surface area contributed by atoms with Crippen LogP contribution in [-0.2, 0) is 19.3 Å². The molecule has 6 heteroatoms. The van der Waals surface area contributed by atoms with Crippen molar-refractivity contribution in [3.63, 3.8) is 0 Å². The van der Waals surface area contributed by atoms with Gasteiger partial charge < -0.3 is 4.98 Å². The van der Waals surface area contributed by atoms with Gasteiger partial charge in [0, 0.05) is 11.3 Å². The van der Waals surface area contributed by atoms with Gasteiger partial charge in [0.05, 0.1) is 0 Å². The highest BCUT2D eigenvalue weighted by atomic mass is 32.1. The van der Waals surface area contributed by atoms with E-state index < -0.39 is 12.6 Å². The topological polar surface area (TPSA) is 28.7 Å². The lowest BCUT2D eigenvalue weighted by molar-refractivity contribution is -0.128. The molecule has 0 bridgehead atoms. The van der Waals surface area contributed by atoms with E-state index in [1.54, 1.807) is 0 Å². The number of alkyl halides is 3. The van der Waals surface area contributed by atoms with Gasteiger partial charge in [-0.3, -0.25) is 0 Å². The van der Waals surface area contributed by atoms with Crippen LogP contribution in [0.15, 0.2) is 0 Å². The Hall–Kier alpha value is -0.910. The number of nitrogens with zero attached hydrogens (tertiary/aromatic N) is 1. The number of H-pyrrole nitrogens is 1. The molecule has 1 aromatic heterocycles. The Morgan fingerprint density at radius 1 is 1.33 bits per heavy atom. The van der Waals surface area contributed by atoms with E-state index in [4.69, 9.17) is 12.2 Å². The fraction of sp³-hybridized carbons (Fsp3) is 0.556. The van der Waals surface area contributed by atoms with Gasteiger partial charge in [0.25, 0.3) is 0 Å². The highest BCUT2D eigenvalue weighted by Gasteiger charge is 2.29. The number of hydrogen-bond donors (Lipinski definition) is 1. The van der Waals surface area contributed by atoms with Crippen LogP contribution < -0.4 is 0 Å². The van der Waals surface area contributed by atoms with Gasteiger partial charge in [-0.25, -0.2) is 4.98 Å². The van der Waals surface area contributed by atoms with Crippen molar-refractivity contribution in [1.29, 1.82) is 0 Å². The summed E-state index contributed by atoms with van der Waals surface area (Å²) in [5.74, 6) is -0.0758. The van der Waals surface area contributed by atoms with Crippen molar-refractivity contribution in [2.75, 3.05) is 0 Å². The van der Waals surface area contributed by atoms with Gasteiger partial charge in [-0.05, 0) is 19.3 Å². The normalized spacial score (nSPS) is 15.4. The molecule has 0 saturated carbocycles. The second-order valence-electron chi connectivity index (χ2n) is 3.59. The summed E-state index contributed by atoms with van der Waals surface area (Å²) >= 11 is 4.96. The zero-order valence-corrected chi connectivity index (χ0v) is 8.63. The number of aryl methyl sites for hydroxylation is 1. The molecule has 1 aromatic rings. The average Bonchev–Trinajstić information content (AvgIpc) is 2.48. The quantitative estimate of drug-likeness (QED) is 0.757. The molecule has 0 saturated heterocycles. The van der Waals surface area contributed by atoms with Crippen molar-refractivity contribution < 1.29 is 13.2 Å². The van der Waals surface area contributed by atoms with E-state index in [0.717, 1.165) is 30.5 Å². The van der Waals surface area contributed by atoms with Crippen LogP contribution in [0.5, 0.6) is 0 Å². The predicted molar refractivity (Wildman–Crippen MR) is 51.2 cm³/mol. The minimum atomic E-state index is -4.24. The van der Waals surface area contributed by atoms with Crippen molar-refractivity contribution >= 4 is 12.2 Å². The summed E-state index contributed by atoms with van der Waals surface area (Å²) in [4.78, 5) is 6.49. The lowest BCUT2D eigenvalue weighted by atomic mass is 10.2. The molecule has 0 spiro atoms. The Morgan fingerprint density at radius 2 is 2.07 bits per heavy atom. The van der Waals surface area contributed by atoms with E-state index in [2.05, 4.69) is 9.97 Å². The van der Waals surface area contributed by atoms with Gasteiger partial charge in [0.1, 0.15) is 16.9 Å². The van der Waals surface area contributed by atoms with Gasteiger partial charge in [0.15, 0.2) is 0 Å². The molecule has 2 nitrogen and oxygen atoms in total. The Morgan fingerprint density at radius 3 is 2.73 bits per heavy atom. The molecule has 15 heavy (non-hydrogen) atoms. The molecule has 0 radical (unpaired) electrons. The van der Waals surface area contributed by atoms with Crippen LogP contribution in [0, 0.1) is 4.64 Å². The molecule has 2 rings (SSSR count). The summed E-state index contributed by atoms with van der Waals surface area (Å²) in [5, 5.41) is 0. The molecule has 0 amide bonds. The summed E-state index contributed by atoms with van der Waals surface area (Å²) in [6, 6.07) is 0. The van der Waals surface area contributed by atoms with Crippen molar-refractivity contribution in [2.24, 2.45) is 0 Å². The summed E-state index contributed by atoms with van der Waals surface area (Å²) in [6.07, 6.45) is -2.75. The number of hydrogen-bond acceptors (Lipinski definition) is 2. The Bertz CT molecular complexity index is 436. The van der Waals surface area contributed by atoms with Crippen LogP contribution in [-0.4, -0.2) is 16.1 Å². The Kier molecular flexibility index (Phi) is 2.54. The summed E-state index contributed by atoms with van der Waals surface area (Å²) < 4.78 is 36.7. The number of aromatic amines is 1. The molecule has 1 aliphatic rings. The number of nitrogens with one attached hydrogen (secondary N) is 1. The minimum absolute atomic E-state index is 0.0758. The van der Waals surface area contributed by atoms with E-state index in [1.807, 2.05) is 0 Å². The number of halogens is 3. The van der Waals surface area contributed by atoms with Crippen molar-refractivity contribution in [3.05, 3.63) is 21.7 Å². The molecule has 1 heterocycles. The van der Waals surface area contributed by atoms with Gasteiger partial charge in [-0.15, -0.1) is 0 Å². The van der Waals surface area contributed by atoms with Crippen LogP contribution in [0.3, 0.4) is 0 Å². The third-order valence-corrected chi connectivity index (χ3v) is 2.71. The maximum absolute atomic E-state index is 12.1. The van der Waals surface area contributed by atoms with Crippen molar-refractivity contribution in [2.45, 2.75) is 31.9 Å². The molecule has 82 valence electrons. The number of rotatable bonds is 1. The van der Waals surface area contributed by atoms with Crippen LogP contribution in [0.1, 0.15) is 23.5 Å². The van der Waals surface area contributed by atoms with E-state index in [1.165, 1.54) is 0 Å². The standard InChI is InChI=1S/C9H9F3N2S/c10-9(11,12)4-7-13-6-3-1-2-5(6)8(15)14-7/h1-4H2,(H,13,14,15). The molecule has 1 aliphatic carbocycles. The minimum Gasteiger partial charge on any atom is -0.347 e. The largest absolute Gasteiger partial charge is 0.396 e. The first-order valence-corrected chi connectivity index (χ1v) is 5.04. The third kappa shape index (κ3) is 2.37. The van der Waals surface area contributed by atoms with Crippen LogP contribution in [0.2, 0.25) is 0 Å². The first kappa shape index (κ1) is 10.6. The highest BCUT2D eigenvalue weighted by Crippen LogP contribution is 2.23. The highest BCUT2D eigenvalue weighted by molar-refractivity contribution is 7.71. The lowest BCUT2D eigenvalue weighted by Crippen LogP contribution is -2.15. The van der Waals surface area contributed by atoms with E-state index in [-0.39, 0.29) is 5.82 Å². The van der Waals surface area contributed by atoms with Gasteiger partial charge in [-0.2, -0.15) is 13.2 Å². The molecular weight excluding hydrogens is 225 g/mol. The van der Waals surface area contributed by atoms with Crippen LogP contribution >= 0.6 is 12.2 Å². The SMILES string of the molecule is FC(F)(F)Cc1nc(=S)c2c([nH]1)CCC2. The molecule has 1 N–H and O–H groups in total. The summed E-state index contributed by atoms with van der Waals surface area (Å²) in [6.45, 7) is 0. The number of fused-ring (bicyclic) bond motifs is 1. The maximum atomic E-state index is 12.1. The Balaban J connectivity index is 2.36. The van der Waals surface area contributed by atoms with Crippen molar-refractivity contribution in [3.8, 4) is 0 Å². The lowest BCUT2D eigenvalue weighted by Gasteiger charge is -2.07. The van der Waals surface area contributed by atoms with E-state index >= 15 is 0 Å². The molecule has 0 fully saturated rings. The fourth-order valence-corrected chi connectivity index (χ4v) is 2.12. The van der Waals surface area contributed by atoms with Crippen LogP contribution in [0.25, 0.3) is 0 Å². The maximum Gasteiger partial charge on any atom is 0.396 e. The second-order valence-corrected chi connectivity index (χ2v) is 3.98. The number of aromatic nitrogens is 2. The zero-order chi connectivity index (χ0) is 11.1. The summed E-state index contributed by atoms with van der Waals surface area (Å²) in [5.41, 5.74) is 1.74. The molecule has 0 atom stereocenters. The molecule has 0 aliphatic heterocycles. The van der Waals surface area contributed by atoms with Crippen LogP contribution in [0.4, 0.5) is 13.2 Å². The zero-order valence-electron chi connectivity index (χ0n) is 7.82. The second kappa shape index (κ2) is 3.59. The van der Waals surface area contributed by atoms with E-state index in [0.29, 0.717) is 4.64 Å². The van der Waals surface area contributed by atoms with Gasteiger partial charge in [0.2, 0.25) is 0 Å². The first-order chi connectivity index (χ1) is 6.96. The monoisotopic (exact) mass is 234 g/mol. The third-order valence-electron chi connectivity index (χ3n) is 2.38.